The molecule has 0 aliphatic carbocycles. The molecule has 0 aromatic heterocycles. The van der Waals surface area contributed by atoms with Gasteiger partial charge in [-0.15, -0.1) is 0 Å². The van der Waals surface area contributed by atoms with E-state index in [4.69, 9.17) is 4.74 Å². The van der Waals surface area contributed by atoms with Gasteiger partial charge in [-0.3, -0.25) is 9.52 Å². The molecule has 3 rings (SSSR count). The second-order valence-electron chi connectivity index (χ2n) is 7.41. The molecule has 0 fully saturated rings. The van der Waals surface area contributed by atoms with E-state index < -0.39 is 10.0 Å². The van der Waals surface area contributed by atoms with Crippen LogP contribution in [0.5, 0.6) is 5.75 Å². The van der Waals surface area contributed by atoms with Crippen molar-refractivity contribution in [2.45, 2.75) is 31.7 Å². The maximum Gasteiger partial charge on any atom is 0.261 e. The monoisotopic (exact) mass is 438 g/mol. The third kappa shape index (κ3) is 5.44. The van der Waals surface area contributed by atoms with Crippen molar-refractivity contribution in [3.8, 4) is 5.75 Å². The van der Waals surface area contributed by atoms with Gasteiger partial charge in [0.15, 0.2) is 0 Å². The number of sulfonamides is 1. The number of amides is 1. The van der Waals surface area contributed by atoms with Crippen molar-refractivity contribution >= 4 is 21.6 Å². The zero-order chi connectivity index (χ0) is 22.6. The van der Waals surface area contributed by atoms with Gasteiger partial charge in [-0.05, 0) is 80.4 Å². The topological polar surface area (TPSA) is 84.5 Å². The van der Waals surface area contributed by atoms with Crippen molar-refractivity contribution in [3.63, 3.8) is 0 Å². The van der Waals surface area contributed by atoms with E-state index in [1.54, 1.807) is 36.4 Å². The summed E-state index contributed by atoms with van der Waals surface area (Å²) < 4.78 is 32.7. The van der Waals surface area contributed by atoms with Gasteiger partial charge in [0.25, 0.3) is 15.9 Å². The standard InChI is InChI=1S/C24H26N2O4S/c1-16-5-14-23(17(2)15-16)18(3)25-24(27)19-6-8-20(9-7-19)26-31(28,29)22-12-10-21(30-4)11-13-22/h5-15,18,26H,1-4H3,(H,25,27)/t18-/m1/s1. The van der Waals surface area contributed by atoms with E-state index in [0.717, 1.165) is 11.1 Å². The lowest BCUT2D eigenvalue weighted by atomic mass is 10.00. The number of hydrogen-bond acceptors (Lipinski definition) is 4. The molecule has 0 saturated heterocycles. The lowest BCUT2D eigenvalue weighted by Crippen LogP contribution is -2.27. The molecule has 1 atom stereocenters. The first-order chi connectivity index (χ1) is 14.7. The molecule has 0 spiro atoms. The molecule has 0 radical (unpaired) electrons. The number of carbonyl (C=O) groups is 1. The van der Waals surface area contributed by atoms with Gasteiger partial charge >= 0.3 is 0 Å². The largest absolute Gasteiger partial charge is 0.497 e. The van der Waals surface area contributed by atoms with Crippen LogP contribution in [0.3, 0.4) is 0 Å². The Bertz CT molecular complexity index is 1170. The zero-order valence-corrected chi connectivity index (χ0v) is 18.8. The van der Waals surface area contributed by atoms with Gasteiger partial charge in [-0.2, -0.15) is 0 Å². The molecule has 0 bridgehead atoms. The average molecular weight is 439 g/mol. The fourth-order valence-electron chi connectivity index (χ4n) is 3.33. The molecule has 0 unspecified atom stereocenters. The molecular formula is C24H26N2O4S. The molecule has 3 aromatic carbocycles. The Morgan fingerprint density at radius 1 is 0.935 bits per heavy atom. The first-order valence-electron chi connectivity index (χ1n) is 9.84. The Morgan fingerprint density at radius 2 is 1.58 bits per heavy atom. The van der Waals surface area contributed by atoms with Crippen molar-refractivity contribution in [3.05, 3.63) is 89.0 Å². The summed E-state index contributed by atoms with van der Waals surface area (Å²) in [6.45, 7) is 5.99. The molecule has 3 aromatic rings. The van der Waals surface area contributed by atoms with Crippen LogP contribution < -0.4 is 14.8 Å². The normalized spacial score (nSPS) is 12.1. The van der Waals surface area contributed by atoms with Crippen LogP contribution in [0, 0.1) is 13.8 Å². The van der Waals surface area contributed by atoms with Crippen molar-refractivity contribution in [1.29, 1.82) is 0 Å². The second-order valence-corrected chi connectivity index (χ2v) is 9.10. The van der Waals surface area contributed by atoms with Gasteiger partial charge in [0.2, 0.25) is 0 Å². The minimum absolute atomic E-state index is 0.123. The lowest BCUT2D eigenvalue weighted by molar-refractivity contribution is 0.0940. The van der Waals surface area contributed by atoms with E-state index >= 15 is 0 Å². The van der Waals surface area contributed by atoms with Crippen LogP contribution in [0.1, 0.15) is 40.0 Å². The zero-order valence-electron chi connectivity index (χ0n) is 18.0. The van der Waals surface area contributed by atoms with E-state index in [1.165, 1.54) is 24.8 Å². The van der Waals surface area contributed by atoms with E-state index in [1.807, 2.05) is 32.9 Å². The van der Waals surface area contributed by atoms with Crippen molar-refractivity contribution in [2.75, 3.05) is 11.8 Å². The summed E-state index contributed by atoms with van der Waals surface area (Å²) >= 11 is 0. The fourth-order valence-corrected chi connectivity index (χ4v) is 4.39. The molecule has 31 heavy (non-hydrogen) atoms. The maximum atomic E-state index is 12.6. The third-order valence-electron chi connectivity index (χ3n) is 5.01. The number of hydrogen-bond donors (Lipinski definition) is 2. The van der Waals surface area contributed by atoms with Crippen LogP contribution in [0.4, 0.5) is 5.69 Å². The van der Waals surface area contributed by atoms with E-state index in [0.29, 0.717) is 17.0 Å². The lowest BCUT2D eigenvalue weighted by Gasteiger charge is -2.17. The third-order valence-corrected chi connectivity index (χ3v) is 6.41. The summed E-state index contributed by atoms with van der Waals surface area (Å²) in [5.74, 6) is 0.349. The number of aryl methyl sites for hydroxylation is 2. The van der Waals surface area contributed by atoms with Crippen LogP contribution in [0.15, 0.2) is 71.6 Å². The number of anilines is 1. The summed E-state index contributed by atoms with van der Waals surface area (Å²) in [6, 6.07) is 18.4. The summed E-state index contributed by atoms with van der Waals surface area (Å²) in [7, 11) is -2.22. The van der Waals surface area contributed by atoms with Gasteiger partial charge in [0.05, 0.1) is 18.0 Å². The number of rotatable bonds is 7. The predicted molar refractivity (Wildman–Crippen MR) is 122 cm³/mol. The van der Waals surface area contributed by atoms with Crippen LogP contribution in [0.2, 0.25) is 0 Å². The fraction of sp³-hybridized carbons (Fsp3) is 0.208. The highest BCUT2D eigenvalue weighted by molar-refractivity contribution is 7.92. The van der Waals surface area contributed by atoms with Crippen LogP contribution in [0.25, 0.3) is 0 Å². The number of nitrogens with one attached hydrogen (secondary N) is 2. The smallest absolute Gasteiger partial charge is 0.261 e. The molecule has 0 aliphatic rings. The summed E-state index contributed by atoms with van der Waals surface area (Å²) in [5, 5.41) is 2.99. The SMILES string of the molecule is COc1ccc(S(=O)(=O)Nc2ccc(C(=O)N[C@H](C)c3ccc(C)cc3C)cc2)cc1. The van der Waals surface area contributed by atoms with Gasteiger partial charge in [0, 0.05) is 11.3 Å². The average Bonchev–Trinajstić information content (AvgIpc) is 2.73. The summed E-state index contributed by atoms with van der Waals surface area (Å²) in [4.78, 5) is 12.7. The summed E-state index contributed by atoms with van der Waals surface area (Å²) in [5.41, 5.74) is 4.17. The van der Waals surface area contributed by atoms with Crippen LogP contribution >= 0.6 is 0 Å². The van der Waals surface area contributed by atoms with E-state index in [2.05, 4.69) is 16.1 Å². The number of carbonyl (C=O) groups excluding carboxylic acids is 1. The Morgan fingerprint density at radius 3 is 2.16 bits per heavy atom. The Balaban J connectivity index is 1.68. The molecule has 0 heterocycles. The molecular weight excluding hydrogens is 412 g/mol. The van der Waals surface area contributed by atoms with Crippen molar-refractivity contribution in [1.82, 2.24) is 5.32 Å². The highest BCUT2D eigenvalue weighted by Crippen LogP contribution is 2.21. The molecule has 0 aliphatic heterocycles. The van der Waals surface area contributed by atoms with Gasteiger partial charge in [-0.1, -0.05) is 23.8 Å². The minimum Gasteiger partial charge on any atom is -0.497 e. The quantitative estimate of drug-likeness (QED) is 0.564. The van der Waals surface area contributed by atoms with Crippen LogP contribution in [-0.2, 0) is 10.0 Å². The van der Waals surface area contributed by atoms with Crippen molar-refractivity contribution in [2.24, 2.45) is 0 Å². The molecule has 2 N–H and O–H groups in total. The first-order valence-corrected chi connectivity index (χ1v) is 11.3. The van der Waals surface area contributed by atoms with E-state index in [-0.39, 0.29) is 16.8 Å². The maximum absolute atomic E-state index is 12.6. The van der Waals surface area contributed by atoms with Gasteiger partial charge in [0.1, 0.15) is 5.75 Å². The van der Waals surface area contributed by atoms with Gasteiger partial charge < -0.3 is 10.1 Å². The van der Waals surface area contributed by atoms with Gasteiger partial charge in [-0.25, -0.2) is 8.42 Å². The van der Waals surface area contributed by atoms with E-state index in [9.17, 15) is 13.2 Å². The molecule has 1 amide bonds. The minimum atomic E-state index is -3.74. The van der Waals surface area contributed by atoms with Crippen molar-refractivity contribution < 1.29 is 17.9 Å². The Labute approximate surface area is 183 Å². The number of ether oxygens (including phenoxy) is 1. The second kappa shape index (κ2) is 9.22. The molecule has 7 heteroatoms. The number of benzene rings is 3. The highest BCUT2D eigenvalue weighted by Gasteiger charge is 2.16. The highest BCUT2D eigenvalue weighted by atomic mass is 32.2. The molecule has 6 nitrogen and oxygen atoms in total. The Hall–Kier alpha value is -3.32. The number of methoxy groups -OCH3 is 1. The molecule has 162 valence electrons. The Kier molecular flexibility index (Phi) is 6.65. The predicted octanol–water partition coefficient (Wildman–Crippen LogP) is 4.60. The summed E-state index contributed by atoms with van der Waals surface area (Å²) in [6.07, 6.45) is 0. The van der Waals surface area contributed by atoms with Crippen LogP contribution in [-0.4, -0.2) is 21.4 Å². The first kappa shape index (κ1) is 22.4. The molecule has 0 saturated carbocycles.